The van der Waals surface area contributed by atoms with Crippen molar-refractivity contribution in [2.75, 3.05) is 0 Å². The molecule has 10 rings (SSSR count). The van der Waals surface area contributed by atoms with Crippen molar-refractivity contribution in [1.29, 1.82) is 0 Å². The Morgan fingerprint density at radius 1 is 0.218 bits per heavy atom. The first-order chi connectivity index (χ1) is 44.4. The molecule has 0 aliphatic heterocycles. The van der Waals surface area contributed by atoms with Crippen LogP contribution in [0.3, 0.4) is 0 Å². The van der Waals surface area contributed by atoms with Crippen LogP contribution in [-0.4, -0.2) is 0 Å². The summed E-state index contributed by atoms with van der Waals surface area (Å²) in [6, 6.07) is 38.1. The second-order valence-corrected chi connectivity index (χ2v) is 24.7. The van der Waals surface area contributed by atoms with E-state index in [0.29, 0.717) is 27.8 Å². The molecule has 10 aromatic rings. The molecule has 0 aliphatic carbocycles. The van der Waals surface area contributed by atoms with Gasteiger partial charge in [-0.25, -0.2) is 22.8 Å². The Hall–Kier alpha value is -8.15. The van der Waals surface area contributed by atoms with Gasteiger partial charge in [-0.3, -0.25) is 0 Å². The Labute approximate surface area is 539 Å². The predicted molar refractivity (Wildman–Crippen MR) is 369 cm³/mol. The summed E-state index contributed by atoms with van der Waals surface area (Å²) in [7, 11) is 10.0. The third-order valence-electron chi connectivity index (χ3n) is 17.6. The Kier molecular flexibility index (Phi) is 18.5. The molecular formula is C82H104N5+5. The molecule has 0 unspecified atom stereocenters. The summed E-state index contributed by atoms with van der Waals surface area (Å²) in [6.07, 6.45) is 9.96. The highest BCUT2D eigenvalue weighted by molar-refractivity contribution is 5.67. The van der Waals surface area contributed by atoms with Gasteiger partial charge in [0.05, 0.1) is 0 Å². The SMILES string of the molecule is Cc1cc(-c2cccc(C)c2C)[n+](C)cc1C.Cc1cc(C)c(-c2cc(C)c(C)c[n+]2C)cc1C.Cc1ccc(-c2cc(C)c(C)c[n+]2C)c(C)c1.[2H]C([2H])([2H])c1c[n+](C)c(-c2cccc(C)c2C)cc1C.[2H]C([2H])([2H])c1cc(C)c(-c2cc(C)c(C([2H])([2H])[2H])c[n+]2C)cc1C. The molecule has 0 spiro atoms. The van der Waals surface area contributed by atoms with Crippen molar-refractivity contribution >= 4 is 0 Å². The molecule has 0 amide bonds. The summed E-state index contributed by atoms with van der Waals surface area (Å²) in [5.41, 5.74) is 35.9. The van der Waals surface area contributed by atoms with Crippen LogP contribution in [0.25, 0.3) is 56.3 Å². The van der Waals surface area contributed by atoms with Crippen LogP contribution in [0, 0.1) is 152 Å². The van der Waals surface area contributed by atoms with Crippen LogP contribution in [0.4, 0.5) is 0 Å². The predicted octanol–water partition coefficient (Wildman–Crippen LogP) is 17.7. The quantitative estimate of drug-likeness (QED) is 0.153. The lowest BCUT2D eigenvalue weighted by atomic mass is 9.97. The normalized spacial score (nSPS) is 12.7. The minimum Gasteiger partial charge on any atom is -0.201 e. The zero-order valence-electron chi connectivity index (χ0n) is 66.0. The molecule has 0 radical (unpaired) electrons. The van der Waals surface area contributed by atoms with Crippen LogP contribution in [0.2, 0.25) is 0 Å². The molecule has 5 aromatic carbocycles. The fourth-order valence-corrected chi connectivity index (χ4v) is 11.0. The fourth-order valence-electron chi connectivity index (χ4n) is 11.0. The molecule has 5 nitrogen and oxygen atoms in total. The lowest BCUT2D eigenvalue weighted by Gasteiger charge is -2.10. The summed E-state index contributed by atoms with van der Waals surface area (Å²) in [6.45, 7) is 33.3. The minimum absolute atomic E-state index is 0.322. The van der Waals surface area contributed by atoms with E-state index in [1.807, 2.05) is 49.7 Å². The largest absolute Gasteiger partial charge is 0.212 e. The van der Waals surface area contributed by atoms with Crippen molar-refractivity contribution in [2.45, 2.75) is 152 Å². The van der Waals surface area contributed by atoms with Crippen LogP contribution in [0.5, 0.6) is 0 Å². The Bertz CT molecular complexity index is 4410. The number of pyridine rings is 5. The number of hydrogen-bond donors (Lipinski definition) is 0. The molecule has 0 saturated carbocycles. The number of aromatic nitrogens is 5. The highest BCUT2D eigenvalue weighted by atomic mass is 14.9. The maximum Gasteiger partial charge on any atom is 0.212 e. The van der Waals surface area contributed by atoms with Gasteiger partial charge in [0.25, 0.3) is 0 Å². The van der Waals surface area contributed by atoms with Gasteiger partial charge in [0.15, 0.2) is 31.0 Å². The average Bonchev–Trinajstić information content (AvgIpc) is 0.776. The maximum absolute atomic E-state index is 7.62. The summed E-state index contributed by atoms with van der Waals surface area (Å²) in [5.74, 6) is 0. The van der Waals surface area contributed by atoms with E-state index in [4.69, 9.17) is 12.3 Å². The molecule has 0 aliphatic rings. The molecule has 0 N–H and O–H groups in total. The Morgan fingerprint density at radius 3 is 0.851 bits per heavy atom. The number of rotatable bonds is 5. The van der Waals surface area contributed by atoms with Crippen LogP contribution in [0.15, 0.2) is 140 Å². The van der Waals surface area contributed by atoms with Crippen molar-refractivity contribution in [3.8, 4) is 56.3 Å². The molecule has 0 saturated heterocycles. The van der Waals surface area contributed by atoms with Gasteiger partial charge in [0, 0.05) is 98.3 Å². The Morgan fingerprint density at radius 2 is 0.494 bits per heavy atom. The van der Waals surface area contributed by atoms with E-state index in [1.54, 1.807) is 43.9 Å². The standard InChI is InChI=1S/2C17H22N.3C16H20N/c2*1-11-7-14(4)16(8-12(11)2)17-9-13(3)15(5)10-18(17)6;1-11-6-7-15(13(3)8-11)16-9-12(2)14(4)10-17(16)5;2*1-11-7-6-8-15(14(11)4)16-9-12(2)13(3)10-17(16)5/h2*7-10H,1-6H3;3*6-10H,1-5H3/q5*+1/i1D3,5D3;;;3D3;. The van der Waals surface area contributed by atoms with E-state index in [9.17, 15) is 0 Å². The van der Waals surface area contributed by atoms with E-state index < -0.39 is 20.6 Å². The topological polar surface area (TPSA) is 19.4 Å². The number of nitrogens with zero attached hydrogens (tertiary/aromatic N) is 5. The number of benzene rings is 5. The third kappa shape index (κ3) is 16.5. The zero-order chi connectivity index (χ0) is 72.1. The molecule has 87 heavy (non-hydrogen) atoms. The summed E-state index contributed by atoms with van der Waals surface area (Å²) >= 11 is 0. The Balaban J connectivity index is 0.000000191. The van der Waals surface area contributed by atoms with Crippen LogP contribution < -0.4 is 22.8 Å². The smallest absolute Gasteiger partial charge is 0.201 e. The van der Waals surface area contributed by atoms with Crippen molar-refractivity contribution in [3.63, 3.8) is 0 Å². The molecule has 452 valence electrons. The highest BCUT2D eigenvalue weighted by Gasteiger charge is 2.20. The lowest BCUT2D eigenvalue weighted by Crippen LogP contribution is -2.31. The van der Waals surface area contributed by atoms with E-state index in [0.717, 1.165) is 33.6 Å². The number of aryl methyl sites for hydroxylation is 25. The molecule has 5 heterocycles. The van der Waals surface area contributed by atoms with Crippen molar-refractivity contribution < 1.29 is 35.2 Å². The van der Waals surface area contributed by atoms with E-state index in [-0.39, 0.29) is 0 Å². The molecule has 5 heteroatoms. The molecule has 0 bridgehead atoms. The van der Waals surface area contributed by atoms with E-state index >= 15 is 0 Å². The van der Waals surface area contributed by atoms with E-state index in [1.165, 1.54) is 117 Å². The van der Waals surface area contributed by atoms with Gasteiger partial charge in [-0.15, -0.1) is 0 Å². The van der Waals surface area contributed by atoms with Crippen LogP contribution in [-0.2, 0) is 35.2 Å². The van der Waals surface area contributed by atoms with Crippen molar-refractivity contribution in [1.82, 2.24) is 0 Å². The maximum atomic E-state index is 7.62. The fraction of sp³-hybridized carbons (Fsp3) is 0.329. The first-order valence-corrected chi connectivity index (χ1v) is 30.3. The molecule has 0 fully saturated rings. The van der Waals surface area contributed by atoms with Gasteiger partial charge < -0.3 is 0 Å². The monoisotopic (exact) mass is 1170 g/mol. The van der Waals surface area contributed by atoms with Gasteiger partial charge in [-0.05, 0) is 271 Å². The second-order valence-electron chi connectivity index (χ2n) is 24.7. The first-order valence-electron chi connectivity index (χ1n) is 34.8. The zero-order valence-corrected chi connectivity index (χ0v) is 57.0. The summed E-state index contributed by atoms with van der Waals surface area (Å²) in [5, 5.41) is 0. The lowest BCUT2D eigenvalue weighted by molar-refractivity contribution is -0.660. The third-order valence-corrected chi connectivity index (χ3v) is 17.6. The van der Waals surface area contributed by atoms with Crippen LogP contribution >= 0.6 is 0 Å². The van der Waals surface area contributed by atoms with Crippen molar-refractivity contribution in [3.05, 3.63) is 263 Å². The minimum atomic E-state index is -2.16. The van der Waals surface area contributed by atoms with E-state index in [2.05, 4.69) is 236 Å². The molecule has 5 aromatic heterocycles. The summed E-state index contributed by atoms with van der Waals surface area (Å²) in [4.78, 5) is 0. The van der Waals surface area contributed by atoms with Gasteiger partial charge in [0.2, 0.25) is 28.5 Å². The first kappa shape index (κ1) is 55.4. The van der Waals surface area contributed by atoms with Gasteiger partial charge in [0.1, 0.15) is 35.2 Å². The van der Waals surface area contributed by atoms with Gasteiger partial charge in [-0.2, -0.15) is 0 Å². The van der Waals surface area contributed by atoms with Gasteiger partial charge >= 0.3 is 0 Å². The van der Waals surface area contributed by atoms with Crippen LogP contribution in [0.1, 0.15) is 135 Å². The van der Waals surface area contributed by atoms with Crippen molar-refractivity contribution in [2.24, 2.45) is 35.2 Å². The number of hydrogen-bond acceptors (Lipinski definition) is 0. The second kappa shape index (κ2) is 29.0. The highest BCUT2D eigenvalue weighted by Crippen LogP contribution is 2.29. The molecule has 0 atom stereocenters. The summed E-state index contributed by atoms with van der Waals surface area (Å²) < 4.78 is 78.8. The average molecular weight is 1170 g/mol. The molecular weight excluding hydrogens is 1050 g/mol. The van der Waals surface area contributed by atoms with Gasteiger partial charge in [-0.1, -0.05) is 54.1 Å².